The van der Waals surface area contributed by atoms with Gasteiger partial charge in [0.15, 0.2) is 0 Å². The minimum absolute atomic E-state index is 0.260. The molecule has 0 aliphatic heterocycles. The summed E-state index contributed by atoms with van der Waals surface area (Å²) in [4.78, 5) is 11.7. The van der Waals surface area contributed by atoms with Crippen LogP contribution in [0.4, 0.5) is 0 Å². The Balaban J connectivity index is 3.09. The third kappa shape index (κ3) is 21.4. The highest BCUT2D eigenvalue weighted by Crippen LogP contribution is 2.13. The normalized spacial score (nSPS) is 11.0. The zero-order valence-electron chi connectivity index (χ0n) is 17.6. The van der Waals surface area contributed by atoms with Gasteiger partial charge in [-0.15, -0.1) is 0 Å². The Morgan fingerprint density at radius 2 is 0.880 bits per heavy atom. The zero-order chi connectivity index (χ0) is 18.4. The highest BCUT2D eigenvalue weighted by molar-refractivity contribution is 5.75. The molecule has 0 saturated carbocycles. The lowest BCUT2D eigenvalue weighted by Gasteiger charge is -2.05. The van der Waals surface area contributed by atoms with E-state index in [-0.39, 0.29) is 5.91 Å². The molecule has 1 N–H and O–H groups in total. The molecule has 0 aromatic carbocycles. The van der Waals surface area contributed by atoms with Crippen molar-refractivity contribution in [3.8, 4) is 0 Å². The molecule has 0 rings (SSSR count). The molecule has 0 fully saturated rings. The molecule has 0 radical (unpaired) electrons. The summed E-state index contributed by atoms with van der Waals surface area (Å²) in [5, 5.41) is 3.05. The fraction of sp³-hybridized carbons (Fsp3) is 0.957. The molecule has 0 atom stereocenters. The van der Waals surface area contributed by atoms with Gasteiger partial charge in [0.2, 0.25) is 5.91 Å². The third-order valence-corrected chi connectivity index (χ3v) is 5.11. The fourth-order valence-electron chi connectivity index (χ4n) is 3.35. The standard InChI is InChI=1S/C23H47NO/c1-3-5-7-9-10-11-12-13-14-15-16-17-18-19-21-23(25)24-22-20-8-6-4-2/h3-22H2,1-2H3,(H,24,25). The molecule has 0 aliphatic rings. The second kappa shape index (κ2) is 21.5. The van der Waals surface area contributed by atoms with E-state index < -0.39 is 0 Å². The average Bonchev–Trinajstić information content (AvgIpc) is 2.62. The van der Waals surface area contributed by atoms with Crippen molar-refractivity contribution in [3.63, 3.8) is 0 Å². The van der Waals surface area contributed by atoms with Crippen molar-refractivity contribution in [2.24, 2.45) is 0 Å². The van der Waals surface area contributed by atoms with E-state index in [1.54, 1.807) is 0 Å². The smallest absolute Gasteiger partial charge is 0.219 e. The molecule has 1 amide bonds. The van der Waals surface area contributed by atoms with Gasteiger partial charge in [0.1, 0.15) is 0 Å². The van der Waals surface area contributed by atoms with Crippen molar-refractivity contribution in [1.29, 1.82) is 0 Å². The van der Waals surface area contributed by atoms with Gasteiger partial charge in [-0.05, 0) is 12.8 Å². The van der Waals surface area contributed by atoms with Crippen LogP contribution in [-0.4, -0.2) is 12.5 Å². The highest BCUT2D eigenvalue weighted by atomic mass is 16.1. The van der Waals surface area contributed by atoms with Gasteiger partial charge in [-0.25, -0.2) is 0 Å². The Kier molecular flexibility index (Phi) is 21.1. The molecule has 2 nitrogen and oxygen atoms in total. The van der Waals surface area contributed by atoms with Crippen LogP contribution in [0.3, 0.4) is 0 Å². The number of carbonyl (C=O) groups excluding carboxylic acids is 1. The number of hydrogen-bond acceptors (Lipinski definition) is 1. The van der Waals surface area contributed by atoms with E-state index in [0.29, 0.717) is 0 Å². The van der Waals surface area contributed by atoms with Gasteiger partial charge < -0.3 is 5.32 Å². The van der Waals surface area contributed by atoms with E-state index in [1.807, 2.05) is 0 Å². The molecular weight excluding hydrogens is 306 g/mol. The number of carbonyl (C=O) groups is 1. The largest absolute Gasteiger partial charge is 0.356 e. The Morgan fingerprint density at radius 3 is 1.32 bits per heavy atom. The minimum Gasteiger partial charge on any atom is -0.356 e. The number of hydrogen-bond donors (Lipinski definition) is 1. The predicted octanol–water partition coefficient (Wildman–Crippen LogP) is 7.55. The van der Waals surface area contributed by atoms with Gasteiger partial charge in [-0.3, -0.25) is 4.79 Å². The highest BCUT2D eigenvalue weighted by Gasteiger charge is 2.00. The molecule has 0 heterocycles. The summed E-state index contributed by atoms with van der Waals surface area (Å²) in [6.45, 7) is 5.37. The lowest BCUT2D eigenvalue weighted by molar-refractivity contribution is -0.121. The molecule has 0 unspecified atom stereocenters. The quantitative estimate of drug-likeness (QED) is 0.225. The minimum atomic E-state index is 0.260. The van der Waals surface area contributed by atoms with Crippen LogP contribution in [0.25, 0.3) is 0 Å². The fourth-order valence-corrected chi connectivity index (χ4v) is 3.35. The van der Waals surface area contributed by atoms with Crippen LogP contribution in [-0.2, 0) is 4.79 Å². The maximum atomic E-state index is 11.7. The first-order valence-corrected chi connectivity index (χ1v) is 11.6. The average molecular weight is 354 g/mol. The zero-order valence-corrected chi connectivity index (χ0v) is 17.6. The van der Waals surface area contributed by atoms with E-state index in [4.69, 9.17) is 0 Å². The molecule has 25 heavy (non-hydrogen) atoms. The molecule has 0 aromatic heterocycles. The Morgan fingerprint density at radius 1 is 0.520 bits per heavy atom. The number of rotatable bonds is 20. The van der Waals surface area contributed by atoms with Crippen molar-refractivity contribution < 1.29 is 4.79 Å². The van der Waals surface area contributed by atoms with Crippen LogP contribution < -0.4 is 5.32 Å². The SMILES string of the molecule is CCCCCCCCCCCCCCCCC(=O)NCCCCCC. The van der Waals surface area contributed by atoms with Crippen LogP contribution in [0.2, 0.25) is 0 Å². The summed E-state index contributed by atoms with van der Waals surface area (Å²) in [6, 6.07) is 0. The summed E-state index contributed by atoms with van der Waals surface area (Å²) in [6.07, 6.45) is 24.8. The first-order valence-electron chi connectivity index (χ1n) is 11.6. The topological polar surface area (TPSA) is 29.1 Å². The number of amides is 1. The van der Waals surface area contributed by atoms with Gasteiger partial charge in [0, 0.05) is 13.0 Å². The van der Waals surface area contributed by atoms with Crippen LogP contribution in [0.15, 0.2) is 0 Å². The van der Waals surface area contributed by atoms with Crippen molar-refractivity contribution in [2.75, 3.05) is 6.54 Å². The molecule has 2 heteroatoms. The molecule has 0 aliphatic carbocycles. The van der Waals surface area contributed by atoms with Gasteiger partial charge in [-0.2, -0.15) is 0 Å². The lowest BCUT2D eigenvalue weighted by Crippen LogP contribution is -2.23. The van der Waals surface area contributed by atoms with Crippen molar-refractivity contribution in [1.82, 2.24) is 5.32 Å². The predicted molar refractivity (Wildman–Crippen MR) is 112 cm³/mol. The van der Waals surface area contributed by atoms with Crippen molar-refractivity contribution >= 4 is 5.91 Å². The second-order valence-electron chi connectivity index (χ2n) is 7.76. The van der Waals surface area contributed by atoms with E-state index in [1.165, 1.54) is 103 Å². The third-order valence-electron chi connectivity index (χ3n) is 5.11. The monoisotopic (exact) mass is 353 g/mol. The summed E-state index contributed by atoms with van der Waals surface area (Å²) in [5.41, 5.74) is 0. The molecule has 0 saturated heterocycles. The maximum absolute atomic E-state index is 11.7. The Hall–Kier alpha value is -0.530. The molecule has 0 bridgehead atoms. The summed E-state index contributed by atoms with van der Waals surface area (Å²) in [7, 11) is 0. The van der Waals surface area contributed by atoms with Gasteiger partial charge in [0.25, 0.3) is 0 Å². The van der Waals surface area contributed by atoms with E-state index >= 15 is 0 Å². The number of unbranched alkanes of at least 4 members (excludes halogenated alkanes) is 16. The Bertz CT molecular complexity index is 265. The number of nitrogens with one attached hydrogen (secondary N) is 1. The lowest BCUT2D eigenvalue weighted by atomic mass is 10.0. The van der Waals surface area contributed by atoms with E-state index in [2.05, 4.69) is 19.2 Å². The maximum Gasteiger partial charge on any atom is 0.219 e. The second-order valence-corrected chi connectivity index (χ2v) is 7.76. The summed E-state index contributed by atoms with van der Waals surface area (Å²) < 4.78 is 0. The first kappa shape index (κ1) is 24.5. The van der Waals surface area contributed by atoms with Gasteiger partial charge in [-0.1, -0.05) is 117 Å². The van der Waals surface area contributed by atoms with E-state index in [9.17, 15) is 4.79 Å². The van der Waals surface area contributed by atoms with Crippen molar-refractivity contribution in [2.45, 2.75) is 136 Å². The van der Waals surface area contributed by atoms with Crippen molar-refractivity contribution in [3.05, 3.63) is 0 Å². The molecule has 150 valence electrons. The molecular formula is C23H47NO. The first-order chi connectivity index (χ1) is 12.3. The van der Waals surface area contributed by atoms with Crippen LogP contribution in [0.5, 0.6) is 0 Å². The van der Waals surface area contributed by atoms with Crippen LogP contribution in [0, 0.1) is 0 Å². The van der Waals surface area contributed by atoms with Crippen LogP contribution in [0.1, 0.15) is 136 Å². The summed E-state index contributed by atoms with van der Waals surface area (Å²) in [5.74, 6) is 0.260. The Labute approximate surface area is 158 Å². The summed E-state index contributed by atoms with van der Waals surface area (Å²) >= 11 is 0. The molecule has 0 aromatic rings. The van der Waals surface area contributed by atoms with Gasteiger partial charge >= 0.3 is 0 Å². The molecule has 0 spiro atoms. The van der Waals surface area contributed by atoms with Crippen LogP contribution >= 0.6 is 0 Å². The van der Waals surface area contributed by atoms with Gasteiger partial charge in [0.05, 0.1) is 0 Å². The van der Waals surface area contributed by atoms with E-state index in [0.717, 1.165) is 25.8 Å².